The number of benzene rings is 1. The second-order valence-electron chi connectivity index (χ2n) is 8.05. The van der Waals surface area contributed by atoms with Gasteiger partial charge in [-0.25, -0.2) is 0 Å². The Morgan fingerprint density at radius 3 is 2.68 bits per heavy atom. The molecule has 3 heteroatoms. The van der Waals surface area contributed by atoms with Gasteiger partial charge in [0.05, 0.1) is 5.60 Å². The predicted molar refractivity (Wildman–Crippen MR) is 87.7 cm³/mol. The third-order valence-corrected chi connectivity index (χ3v) is 5.40. The molecular weight excluding hydrogens is 274 g/mol. The minimum Gasteiger partial charge on any atom is -0.390 e. The lowest BCUT2D eigenvalue weighted by atomic mass is 9.60. The summed E-state index contributed by atoms with van der Waals surface area (Å²) in [5.74, 6) is 1.09. The largest absolute Gasteiger partial charge is 0.390 e. The molecule has 3 rings (SSSR count). The van der Waals surface area contributed by atoms with Crippen LogP contribution in [-0.2, 0) is 0 Å². The van der Waals surface area contributed by atoms with Crippen molar-refractivity contribution in [1.29, 1.82) is 0 Å². The number of aliphatic hydroxyl groups is 1. The van der Waals surface area contributed by atoms with Gasteiger partial charge >= 0.3 is 0 Å². The van der Waals surface area contributed by atoms with E-state index in [-0.39, 0.29) is 11.4 Å². The van der Waals surface area contributed by atoms with Crippen molar-refractivity contribution in [2.24, 2.45) is 11.8 Å². The van der Waals surface area contributed by atoms with Crippen LogP contribution < -0.4 is 5.32 Å². The Morgan fingerprint density at radius 1 is 1.27 bits per heavy atom. The number of hydrogen-bond donors (Lipinski definition) is 2. The number of rotatable bonds is 2. The van der Waals surface area contributed by atoms with Gasteiger partial charge in [0.2, 0.25) is 0 Å². The van der Waals surface area contributed by atoms with Crippen LogP contribution >= 0.6 is 0 Å². The topological polar surface area (TPSA) is 49.3 Å². The molecule has 1 aromatic carbocycles. The highest BCUT2D eigenvalue weighted by Gasteiger charge is 2.49. The SMILES string of the molecule is Cc1ccccc1C(=O)NC1(C)CC2CC(C)CC(O)(C2)C1. The Morgan fingerprint density at radius 2 is 2.00 bits per heavy atom. The smallest absolute Gasteiger partial charge is 0.251 e. The molecule has 2 aliphatic carbocycles. The molecule has 2 aliphatic rings. The molecule has 0 aromatic heterocycles. The van der Waals surface area contributed by atoms with Crippen LogP contribution in [-0.4, -0.2) is 22.2 Å². The van der Waals surface area contributed by atoms with Gasteiger partial charge in [-0.05, 0) is 69.4 Å². The van der Waals surface area contributed by atoms with Crippen molar-refractivity contribution in [2.75, 3.05) is 0 Å². The monoisotopic (exact) mass is 301 g/mol. The number of fused-ring (bicyclic) bond motifs is 2. The summed E-state index contributed by atoms with van der Waals surface area (Å²) in [6, 6.07) is 7.68. The van der Waals surface area contributed by atoms with Gasteiger partial charge in [0.15, 0.2) is 0 Å². The maximum absolute atomic E-state index is 12.6. The van der Waals surface area contributed by atoms with Crippen LogP contribution in [0, 0.1) is 18.8 Å². The van der Waals surface area contributed by atoms with Gasteiger partial charge in [0.25, 0.3) is 5.91 Å². The van der Waals surface area contributed by atoms with E-state index in [0.29, 0.717) is 18.3 Å². The fraction of sp³-hybridized carbons (Fsp3) is 0.632. The summed E-state index contributed by atoms with van der Waals surface area (Å²) in [6.07, 6.45) is 4.56. The van der Waals surface area contributed by atoms with E-state index in [4.69, 9.17) is 0 Å². The van der Waals surface area contributed by atoms with Crippen molar-refractivity contribution in [1.82, 2.24) is 5.32 Å². The van der Waals surface area contributed by atoms with Crippen molar-refractivity contribution in [2.45, 2.75) is 64.0 Å². The Labute approximate surface area is 133 Å². The highest BCUT2D eigenvalue weighted by atomic mass is 16.3. The normalized spacial score (nSPS) is 37.6. The molecule has 0 spiro atoms. The second kappa shape index (κ2) is 5.38. The Kier molecular flexibility index (Phi) is 3.80. The molecular formula is C19H27NO2. The maximum Gasteiger partial charge on any atom is 0.251 e. The van der Waals surface area contributed by atoms with E-state index in [0.717, 1.165) is 36.8 Å². The Bertz CT molecular complexity index is 581. The first kappa shape index (κ1) is 15.5. The van der Waals surface area contributed by atoms with Crippen molar-refractivity contribution >= 4 is 5.91 Å². The number of carbonyl (C=O) groups is 1. The predicted octanol–water partition coefficient (Wildman–Crippen LogP) is 3.44. The van der Waals surface area contributed by atoms with E-state index in [1.807, 2.05) is 31.2 Å². The van der Waals surface area contributed by atoms with E-state index in [2.05, 4.69) is 19.2 Å². The molecule has 2 saturated carbocycles. The van der Waals surface area contributed by atoms with E-state index >= 15 is 0 Å². The average Bonchev–Trinajstić information content (AvgIpc) is 2.35. The lowest BCUT2D eigenvalue weighted by Crippen LogP contribution is -2.58. The van der Waals surface area contributed by atoms with E-state index in [9.17, 15) is 9.90 Å². The van der Waals surface area contributed by atoms with Crippen molar-refractivity contribution in [3.63, 3.8) is 0 Å². The Hall–Kier alpha value is -1.35. The van der Waals surface area contributed by atoms with E-state index in [1.165, 1.54) is 0 Å². The molecule has 4 unspecified atom stereocenters. The third kappa shape index (κ3) is 3.05. The fourth-order valence-electron chi connectivity index (χ4n) is 5.00. The van der Waals surface area contributed by atoms with Crippen LogP contribution in [0.5, 0.6) is 0 Å². The van der Waals surface area contributed by atoms with Crippen LogP contribution in [0.15, 0.2) is 24.3 Å². The minimum absolute atomic E-state index is 0.0165. The summed E-state index contributed by atoms with van der Waals surface area (Å²) >= 11 is 0. The zero-order valence-electron chi connectivity index (χ0n) is 13.9. The quantitative estimate of drug-likeness (QED) is 0.879. The van der Waals surface area contributed by atoms with Crippen LogP contribution in [0.1, 0.15) is 61.9 Å². The molecule has 1 amide bonds. The highest BCUT2D eigenvalue weighted by Crippen LogP contribution is 2.48. The Balaban J connectivity index is 1.77. The third-order valence-electron chi connectivity index (χ3n) is 5.40. The summed E-state index contributed by atoms with van der Waals surface area (Å²) in [5.41, 5.74) is 0.817. The molecule has 120 valence electrons. The number of amides is 1. The van der Waals surface area contributed by atoms with Gasteiger partial charge in [-0.2, -0.15) is 0 Å². The summed E-state index contributed by atoms with van der Waals surface area (Å²) in [6.45, 7) is 6.28. The molecule has 1 aromatic rings. The molecule has 0 saturated heterocycles. The average molecular weight is 301 g/mol. The van der Waals surface area contributed by atoms with Gasteiger partial charge in [0.1, 0.15) is 0 Å². The molecule has 0 heterocycles. The number of carbonyl (C=O) groups excluding carboxylic acids is 1. The fourth-order valence-corrected chi connectivity index (χ4v) is 5.00. The molecule has 0 radical (unpaired) electrons. The number of nitrogens with one attached hydrogen (secondary N) is 1. The van der Waals surface area contributed by atoms with Crippen LogP contribution in [0.25, 0.3) is 0 Å². The standard InChI is InChI=1S/C19H27NO2/c1-13-8-15-10-18(3,12-19(22,9-13)11-15)20-17(21)16-7-5-4-6-14(16)2/h4-7,13,15,22H,8-12H2,1-3H3,(H,20,21). The lowest BCUT2D eigenvalue weighted by Gasteiger charge is -2.52. The first-order valence-corrected chi connectivity index (χ1v) is 8.39. The minimum atomic E-state index is -0.603. The van der Waals surface area contributed by atoms with Gasteiger partial charge in [0, 0.05) is 11.1 Å². The molecule has 4 atom stereocenters. The van der Waals surface area contributed by atoms with Crippen molar-refractivity contribution in [3.05, 3.63) is 35.4 Å². The molecule has 22 heavy (non-hydrogen) atoms. The van der Waals surface area contributed by atoms with Gasteiger partial charge in [-0.1, -0.05) is 25.1 Å². The number of hydrogen-bond acceptors (Lipinski definition) is 2. The lowest BCUT2D eigenvalue weighted by molar-refractivity contribution is -0.0910. The van der Waals surface area contributed by atoms with Crippen molar-refractivity contribution < 1.29 is 9.90 Å². The first-order chi connectivity index (χ1) is 10.3. The molecule has 3 nitrogen and oxygen atoms in total. The zero-order valence-corrected chi connectivity index (χ0v) is 13.9. The summed E-state index contributed by atoms with van der Waals surface area (Å²) in [5, 5.41) is 14.1. The molecule has 2 N–H and O–H groups in total. The van der Waals surface area contributed by atoms with Gasteiger partial charge < -0.3 is 10.4 Å². The summed E-state index contributed by atoms with van der Waals surface area (Å²) in [7, 11) is 0. The van der Waals surface area contributed by atoms with E-state index in [1.54, 1.807) is 0 Å². The van der Waals surface area contributed by atoms with Crippen molar-refractivity contribution in [3.8, 4) is 0 Å². The maximum atomic E-state index is 12.6. The van der Waals surface area contributed by atoms with Gasteiger partial charge in [-0.15, -0.1) is 0 Å². The molecule has 2 fully saturated rings. The molecule has 0 aliphatic heterocycles. The zero-order chi connectivity index (χ0) is 16.0. The van der Waals surface area contributed by atoms with Crippen LogP contribution in [0.4, 0.5) is 0 Å². The number of aryl methyl sites for hydroxylation is 1. The molecule has 2 bridgehead atoms. The van der Waals surface area contributed by atoms with Crippen LogP contribution in [0.3, 0.4) is 0 Å². The summed E-state index contributed by atoms with van der Waals surface area (Å²) < 4.78 is 0. The second-order valence-corrected chi connectivity index (χ2v) is 8.05. The van der Waals surface area contributed by atoms with Crippen LogP contribution in [0.2, 0.25) is 0 Å². The van der Waals surface area contributed by atoms with E-state index < -0.39 is 5.60 Å². The highest BCUT2D eigenvalue weighted by molar-refractivity contribution is 5.96. The van der Waals surface area contributed by atoms with Gasteiger partial charge in [-0.3, -0.25) is 4.79 Å². The summed E-state index contributed by atoms with van der Waals surface area (Å²) in [4.78, 5) is 12.6. The first-order valence-electron chi connectivity index (χ1n) is 8.39.